The molecular formula is C11H21N3OS. The monoisotopic (exact) mass is 243 g/mol. The van der Waals surface area contributed by atoms with E-state index in [0.717, 1.165) is 11.6 Å². The molecule has 16 heavy (non-hydrogen) atoms. The van der Waals surface area contributed by atoms with Crippen molar-refractivity contribution < 1.29 is 4.21 Å². The average Bonchev–Trinajstić information content (AvgIpc) is 2.56. The quantitative estimate of drug-likeness (QED) is 0.860. The Balaban J connectivity index is 2.69. The van der Waals surface area contributed by atoms with Crippen molar-refractivity contribution in [2.45, 2.75) is 39.0 Å². The smallest absolute Gasteiger partial charge is 0.203 e. The molecule has 1 aromatic rings. The molecule has 2 atom stereocenters. The number of hydrogen-bond donors (Lipinski definition) is 1. The van der Waals surface area contributed by atoms with Crippen molar-refractivity contribution in [3.8, 4) is 0 Å². The van der Waals surface area contributed by atoms with Crippen molar-refractivity contribution in [2.75, 3.05) is 18.1 Å². The number of aromatic nitrogens is 2. The second-order valence-electron chi connectivity index (χ2n) is 4.40. The van der Waals surface area contributed by atoms with Crippen LogP contribution >= 0.6 is 0 Å². The van der Waals surface area contributed by atoms with E-state index in [9.17, 15) is 4.21 Å². The summed E-state index contributed by atoms with van der Waals surface area (Å²) in [7, 11) is -0.794. The maximum atomic E-state index is 11.2. The van der Waals surface area contributed by atoms with Crippen molar-refractivity contribution in [2.24, 2.45) is 0 Å². The lowest BCUT2D eigenvalue weighted by Crippen LogP contribution is -2.22. The summed E-state index contributed by atoms with van der Waals surface area (Å²) in [6.07, 6.45) is 3.76. The van der Waals surface area contributed by atoms with Gasteiger partial charge in [-0.25, -0.2) is 4.98 Å². The number of hydrogen-bond acceptors (Lipinski definition) is 3. The van der Waals surface area contributed by atoms with Gasteiger partial charge in [-0.05, 0) is 27.7 Å². The topological polar surface area (TPSA) is 46.9 Å². The molecule has 1 N–H and O–H groups in total. The molecule has 0 radical (unpaired) electrons. The molecule has 4 nitrogen and oxygen atoms in total. The summed E-state index contributed by atoms with van der Waals surface area (Å²) < 4.78 is 13.3. The van der Waals surface area contributed by atoms with Crippen LogP contribution in [0.1, 0.15) is 32.5 Å². The first-order valence-corrected chi connectivity index (χ1v) is 7.15. The van der Waals surface area contributed by atoms with E-state index in [0.29, 0.717) is 12.6 Å². The Kier molecular flexibility index (Phi) is 4.53. The summed E-state index contributed by atoms with van der Waals surface area (Å²) in [6, 6.07) is 0.381. The first kappa shape index (κ1) is 13.2. The third kappa shape index (κ3) is 3.33. The van der Waals surface area contributed by atoms with Crippen molar-refractivity contribution >= 4 is 16.7 Å². The summed E-state index contributed by atoms with van der Waals surface area (Å²) in [5, 5.41) is 3.39. The number of aryl methyl sites for hydroxylation is 1. The fourth-order valence-electron chi connectivity index (χ4n) is 1.39. The summed E-state index contributed by atoms with van der Waals surface area (Å²) in [4.78, 5) is 4.42. The van der Waals surface area contributed by atoms with Gasteiger partial charge in [-0.1, -0.05) is 0 Å². The van der Waals surface area contributed by atoms with Crippen molar-refractivity contribution in [1.29, 1.82) is 0 Å². The highest BCUT2D eigenvalue weighted by Crippen LogP contribution is 2.15. The van der Waals surface area contributed by atoms with Gasteiger partial charge in [-0.3, -0.25) is 4.21 Å². The zero-order valence-corrected chi connectivity index (χ0v) is 11.5. The summed E-state index contributed by atoms with van der Waals surface area (Å²) in [5.74, 6) is 0.866. The van der Waals surface area contributed by atoms with E-state index in [1.165, 1.54) is 0 Å². The first-order chi connectivity index (χ1) is 7.41. The van der Waals surface area contributed by atoms with E-state index < -0.39 is 10.8 Å². The second-order valence-corrected chi connectivity index (χ2v) is 6.20. The summed E-state index contributed by atoms with van der Waals surface area (Å²) in [6.45, 7) is 8.87. The molecule has 92 valence electrons. The Hall–Kier alpha value is -0.840. The summed E-state index contributed by atoms with van der Waals surface area (Å²) in [5.41, 5.74) is 1.00. The van der Waals surface area contributed by atoms with Crippen molar-refractivity contribution in [3.05, 3.63) is 11.9 Å². The van der Waals surface area contributed by atoms with E-state index in [-0.39, 0.29) is 5.25 Å². The predicted molar refractivity (Wildman–Crippen MR) is 69.4 cm³/mol. The Morgan fingerprint density at radius 1 is 1.50 bits per heavy atom. The Bertz CT molecular complexity index is 373. The Morgan fingerprint density at radius 3 is 2.62 bits per heavy atom. The van der Waals surface area contributed by atoms with Gasteiger partial charge >= 0.3 is 0 Å². The molecule has 1 heterocycles. The normalized spacial score (nSPS) is 15.1. The van der Waals surface area contributed by atoms with Gasteiger partial charge in [0.1, 0.15) is 0 Å². The minimum absolute atomic E-state index is 0.137. The predicted octanol–water partition coefficient (Wildman–Crippen LogP) is 1.95. The third-order valence-corrected chi connectivity index (χ3v) is 3.82. The zero-order valence-electron chi connectivity index (χ0n) is 10.7. The van der Waals surface area contributed by atoms with Gasteiger partial charge < -0.3 is 9.88 Å². The van der Waals surface area contributed by atoms with Gasteiger partial charge in [0.05, 0.1) is 5.69 Å². The molecule has 2 unspecified atom stereocenters. The Labute approximate surface area is 99.9 Å². The number of imidazole rings is 1. The molecule has 0 bridgehead atoms. The average molecular weight is 243 g/mol. The van der Waals surface area contributed by atoms with Crippen molar-refractivity contribution in [1.82, 2.24) is 9.55 Å². The molecular weight excluding hydrogens is 222 g/mol. The number of rotatable bonds is 5. The standard InChI is InChI=1S/C11H21N3OS/c1-8(2)14-7-9(3)13-11(14)12-6-10(4)16(5)15/h7-8,10H,6H2,1-5H3,(H,12,13). The number of nitrogens with one attached hydrogen (secondary N) is 1. The van der Waals surface area contributed by atoms with E-state index in [1.54, 1.807) is 6.26 Å². The molecule has 0 aliphatic rings. The maximum absolute atomic E-state index is 11.2. The first-order valence-electron chi connectivity index (χ1n) is 5.53. The van der Waals surface area contributed by atoms with Crippen LogP contribution in [-0.2, 0) is 10.8 Å². The lowest BCUT2D eigenvalue weighted by atomic mass is 10.4. The van der Waals surface area contributed by atoms with Crippen LogP contribution in [0.3, 0.4) is 0 Å². The van der Waals surface area contributed by atoms with Crippen LogP contribution in [0.25, 0.3) is 0 Å². The van der Waals surface area contributed by atoms with Gasteiger partial charge in [0.2, 0.25) is 5.95 Å². The van der Waals surface area contributed by atoms with E-state index in [4.69, 9.17) is 0 Å². The molecule has 5 heteroatoms. The minimum atomic E-state index is -0.794. The van der Waals surface area contributed by atoms with Crippen LogP contribution in [0, 0.1) is 6.92 Å². The van der Waals surface area contributed by atoms with Crippen molar-refractivity contribution in [3.63, 3.8) is 0 Å². The number of nitrogens with zero attached hydrogens (tertiary/aromatic N) is 2. The molecule has 1 aromatic heterocycles. The second kappa shape index (κ2) is 5.48. The molecule has 0 saturated heterocycles. The van der Waals surface area contributed by atoms with E-state index in [1.807, 2.05) is 20.0 Å². The van der Waals surface area contributed by atoms with Crippen LogP contribution in [0.2, 0.25) is 0 Å². The van der Waals surface area contributed by atoms with Gasteiger partial charge in [0, 0.05) is 41.1 Å². The van der Waals surface area contributed by atoms with E-state index in [2.05, 4.69) is 28.7 Å². The molecule has 0 spiro atoms. The number of anilines is 1. The highest BCUT2D eigenvalue weighted by atomic mass is 32.2. The third-order valence-electron chi connectivity index (χ3n) is 2.52. The van der Waals surface area contributed by atoms with Crippen LogP contribution in [0.4, 0.5) is 5.95 Å². The van der Waals surface area contributed by atoms with Gasteiger partial charge in [-0.15, -0.1) is 0 Å². The molecule has 0 aliphatic heterocycles. The molecule has 0 aliphatic carbocycles. The lowest BCUT2D eigenvalue weighted by molar-refractivity contribution is 0.604. The van der Waals surface area contributed by atoms with Gasteiger partial charge in [-0.2, -0.15) is 0 Å². The largest absolute Gasteiger partial charge is 0.354 e. The van der Waals surface area contributed by atoms with Crippen LogP contribution in [-0.4, -0.2) is 31.8 Å². The fourth-order valence-corrected chi connectivity index (χ4v) is 1.71. The SMILES string of the molecule is Cc1cn(C(C)C)c(NCC(C)S(C)=O)n1. The highest BCUT2D eigenvalue weighted by molar-refractivity contribution is 7.84. The lowest BCUT2D eigenvalue weighted by Gasteiger charge is -2.14. The molecule has 0 fully saturated rings. The molecule has 0 saturated carbocycles. The van der Waals surface area contributed by atoms with Crippen LogP contribution in [0.15, 0.2) is 6.20 Å². The molecule has 0 amide bonds. The minimum Gasteiger partial charge on any atom is -0.354 e. The maximum Gasteiger partial charge on any atom is 0.203 e. The molecule has 0 aromatic carbocycles. The zero-order chi connectivity index (χ0) is 12.3. The molecule has 1 rings (SSSR count). The van der Waals surface area contributed by atoms with Crippen LogP contribution < -0.4 is 5.32 Å². The summed E-state index contributed by atoms with van der Waals surface area (Å²) >= 11 is 0. The fraction of sp³-hybridized carbons (Fsp3) is 0.727. The van der Waals surface area contributed by atoms with Crippen LogP contribution in [0.5, 0.6) is 0 Å². The van der Waals surface area contributed by atoms with Gasteiger partial charge in [0.15, 0.2) is 0 Å². The highest BCUT2D eigenvalue weighted by Gasteiger charge is 2.11. The van der Waals surface area contributed by atoms with Gasteiger partial charge in [0.25, 0.3) is 0 Å². The Morgan fingerprint density at radius 2 is 2.12 bits per heavy atom. The van der Waals surface area contributed by atoms with E-state index >= 15 is 0 Å².